The highest BCUT2D eigenvalue weighted by Crippen LogP contribution is 2.32. The summed E-state index contributed by atoms with van der Waals surface area (Å²) in [6.45, 7) is 1.43. The average Bonchev–Trinajstić information content (AvgIpc) is 3.21. The first-order valence-corrected chi connectivity index (χ1v) is 8.48. The molecule has 0 bridgehead atoms. The van der Waals surface area contributed by atoms with Crippen molar-refractivity contribution >= 4 is 16.9 Å². The number of benzene rings is 1. The molecule has 0 radical (unpaired) electrons. The number of nitrogens with zero attached hydrogens (tertiary/aromatic N) is 1. The number of para-hydroxylation sites is 1. The number of carbonyl (C=O) groups is 1. The van der Waals surface area contributed by atoms with Crippen LogP contribution in [0.5, 0.6) is 5.75 Å². The third-order valence-electron chi connectivity index (χ3n) is 5.16. The molecule has 2 aliphatic rings. The molecule has 5 nitrogen and oxygen atoms in total. The number of H-pyrrole nitrogens is 1. The van der Waals surface area contributed by atoms with Gasteiger partial charge in [-0.1, -0.05) is 25.0 Å². The number of rotatable bonds is 2. The van der Waals surface area contributed by atoms with Gasteiger partial charge < -0.3 is 19.9 Å². The van der Waals surface area contributed by atoms with Crippen molar-refractivity contribution in [2.24, 2.45) is 0 Å². The summed E-state index contributed by atoms with van der Waals surface area (Å²) in [5, 5.41) is 4.36. The maximum atomic E-state index is 12.5. The predicted octanol–water partition coefficient (Wildman–Crippen LogP) is 3.19. The Morgan fingerprint density at radius 2 is 2.17 bits per heavy atom. The van der Waals surface area contributed by atoms with Crippen molar-refractivity contribution < 1.29 is 9.53 Å². The van der Waals surface area contributed by atoms with Crippen LogP contribution in [0.15, 0.2) is 18.2 Å². The van der Waals surface area contributed by atoms with Gasteiger partial charge in [-0.15, -0.1) is 0 Å². The standard InChI is InChI=1S/C18H23N3O2/c1-23-16-8-4-7-13-14-11-21(10-9-15(14)20-17(13)16)18(22)19-12-5-2-3-6-12/h4,7-8,12,20H,2-3,5-6,9-11H2,1H3,(H,19,22). The van der Waals surface area contributed by atoms with E-state index in [1.54, 1.807) is 7.11 Å². The van der Waals surface area contributed by atoms with Crippen LogP contribution in [0.25, 0.3) is 10.9 Å². The number of hydrogen-bond donors (Lipinski definition) is 2. The maximum Gasteiger partial charge on any atom is 0.317 e. The summed E-state index contributed by atoms with van der Waals surface area (Å²) in [5.41, 5.74) is 3.50. The van der Waals surface area contributed by atoms with E-state index < -0.39 is 0 Å². The van der Waals surface area contributed by atoms with Crippen LogP contribution in [0.1, 0.15) is 36.9 Å². The minimum absolute atomic E-state index is 0.0831. The van der Waals surface area contributed by atoms with Gasteiger partial charge in [-0.3, -0.25) is 0 Å². The summed E-state index contributed by atoms with van der Waals surface area (Å²) in [4.78, 5) is 17.9. The molecular formula is C18H23N3O2. The van der Waals surface area contributed by atoms with Crippen LogP contribution in [0.3, 0.4) is 0 Å². The Morgan fingerprint density at radius 3 is 2.96 bits per heavy atom. The Labute approximate surface area is 136 Å². The zero-order chi connectivity index (χ0) is 15.8. The molecule has 1 aliphatic carbocycles. The minimum Gasteiger partial charge on any atom is -0.495 e. The van der Waals surface area contributed by atoms with E-state index in [9.17, 15) is 4.79 Å². The zero-order valence-corrected chi connectivity index (χ0v) is 13.5. The van der Waals surface area contributed by atoms with Crippen molar-refractivity contribution in [2.75, 3.05) is 13.7 Å². The molecule has 0 unspecified atom stereocenters. The van der Waals surface area contributed by atoms with Gasteiger partial charge in [0.1, 0.15) is 5.75 Å². The van der Waals surface area contributed by atoms with Crippen molar-refractivity contribution in [3.05, 3.63) is 29.5 Å². The third-order valence-corrected chi connectivity index (χ3v) is 5.16. The molecule has 0 atom stereocenters. The van der Waals surface area contributed by atoms with Crippen molar-refractivity contribution in [3.8, 4) is 5.75 Å². The SMILES string of the molecule is COc1cccc2c3c([nH]c12)CCN(C(=O)NC1CCCC1)C3. The fourth-order valence-electron chi connectivity index (χ4n) is 3.89. The van der Waals surface area contributed by atoms with E-state index in [2.05, 4.69) is 16.4 Å². The van der Waals surface area contributed by atoms with E-state index in [1.165, 1.54) is 24.1 Å². The van der Waals surface area contributed by atoms with Gasteiger partial charge >= 0.3 is 6.03 Å². The fraction of sp³-hybridized carbons (Fsp3) is 0.500. The highest BCUT2D eigenvalue weighted by atomic mass is 16.5. The van der Waals surface area contributed by atoms with Crippen molar-refractivity contribution in [1.82, 2.24) is 15.2 Å². The number of aromatic amines is 1. The minimum atomic E-state index is 0.0831. The normalized spacial score (nSPS) is 18.2. The Kier molecular flexibility index (Phi) is 3.63. The lowest BCUT2D eigenvalue weighted by Gasteiger charge is -2.28. The van der Waals surface area contributed by atoms with Crippen LogP contribution < -0.4 is 10.1 Å². The molecule has 0 saturated heterocycles. The smallest absolute Gasteiger partial charge is 0.317 e. The number of methoxy groups -OCH3 is 1. The number of urea groups is 1. The third kappa shape index (κ3) is 2.54. The van der Waals surface area contributed by atoms with Gasteiger partial charge in [0.25, 0.3) is 0 Å². The molecule has 2 amide bonds. The van der Waals surface area contributed by atoms with Gasteiger partial charge in [0.2, 0.25) is 0 Å². The van der Waals surface area contributed by atoms with Crippen molar-refractivity contribution in [1.29, 1.82) is 0 Å². The van der Waals surface area contributed by atoms with Gasteiger partial charge in [-0.25, -0.2) is 4.79 Å². The van der Waals surface area contributed by atoms with Crippen LogP contribution in [0.2, 0.25) is 0 Å². The summed E-state index contributed by atoms with van der Waals surface area (Å²) >= 11 is 0. The van der Waals surface area contributed by atoms with Crippen LogP contribution >= 0.6 is 0 Å². The number of fused-ring (bicyclic) bond motifs is 3. The van der Waals surface area contributed by atoms with Crippen molar-refractivity contribution in [2.45, 2.75) is 44.7 Å². The molecular weight excluding hydrogens is 290 g/mol. The molecule has 4 rings (SSSR count). The number of carbonyl (C=O) groups excluding carboxylic acids is 1. The summed E-state index contributed by atoms with van der Waals surface area (Å²) < 4.78 is 5.44. The molecule has 1 aromatic heterocycles. The number of amides is 2. The molecule has 23 heavy (non-hydrogen) atoms. The van der Waals surface area contributed by atoms with Gasteiger partial charge in [0, 0.05) is 42.2 Å². The molecule has 1 saturated carbocycles. The van der Waals surface area contributed by atoms with E-state index in [4.69, 9.17) is 4.74 Å². The molecule has 1 aliphatic heterocycles. The molecule has 0 spiro atoms. The summed E-state index contributed by atoms with van der Waals surface area (Å²) in [5.74, 6) is 0.860. The van der Waals surface area contributed by atoms with Crippen LogP contribution in [0.4, 0.5) is 4.79 Å². The summed E-state index contributed by atoms with van der Waals surface area (Å²) in [6, 6.07) is 6.53. The Bertz CT molecular complexity index is 731. The number of aromatic nitrogens is 1. The quantitative estimate of drug-likeness (QED) is 0.894. The van der Waals surface area contributed by atoms with Crippen LogP contribution in [-0.4, -0.2) is 35.6 Å². The lowest BCUT2D eigenvalue weighted by molar-refractivity contribution is 0.188. The molecule has 1 aromatic carbocycles. The first kappa shape index (κ1) is 14.4. The predicted molar refractivity (Wildman–Crippen MR) is 89.8 cm³/mol. The fourth-order valence-corrected chi connectivity index (χ4v) is 3.89. The summed E-state index contributed by atoms with van der Waals surface area (Å²) in [7, 11) is 1.69. The zero-order valence-electron chi connectivity index (χ0n) is 13.5. The number of nitrogens with one attached hydrogen (secondary N) is 2. The number of ether oxygens (including phenoxy) is 1. The van der Waals surface area contributed by atoms with Gasteiger partial charge in [-0.05, 0) is 18.9 Å². The van der Waals surface area contributed by atoms with Crippen molar-refractivity contribution in [3.63, 3.8) is 0 Å². The lowest BCUT2D eigenvalue weighted by Crippen LogP contribution is -2.45. The second-order valence-electron chi connectivity index (χ2n) is 6.57. The highest BCUT2D eigenvalue weighted by Gasteiger charge is 2.26. The Hall–Kier alpha value is -2.17. The number of hydrogen-bond acceptors (Lipinski definition) is 2. The molecule has 1 fully saturated rings. The first-order valence-electron chi connectivity index (χ1n) is 8.48. The maximum absolute atomic E-state index is 12.5. The summed E-state index contributed by atoms with van der Waals surface area (Å²) in [6.07, 6.45) is 5.57. The molecule has 2 aromatic rings. The first-order chi connectivity index (χ1) is 11.3. The molecule has 2 heterocycles. The second kappa shape index (κ2) is 5.80. The second-order valence-corrected chi connectivity index (χ2v) is 6.57. The van der Waals surface area contributed by atoms with E-state index in [0.29, 0.717) is 12.6 Å². The van der Waals surface area contributed by atoms with E-state index in [-0.39, 0.29) is 6.03 Å². The Balaban J connectivity index is 1.57. The van der Waals surface area contributed by atoms with E-state index in [1.807, 2.05) is 17.0 Å². The van der Waals surface area contributed by atoms with Crippen LogP contribution in [-0.2, 0) is 13.0 Å². The average molecular weight is 313 g/mol. The lowest BCUT2D eigenvalue weighted by atomic mass is 10.0. The van der Waals surface area contributed by atoms with Crippen LogP contribution in [0, 0.1) is 0 Å². The molecule has 2 N–H and O–H groups in total. The monoisotopic (exact) mass is 313 g/mol. The Morgan fingerprint density at radius 1 is 1.35 bits per heavy atom. The van der Waals surface area contributed by atoms with Gasteiger partial charge in [0.15, 0.2) is 0 Å². The van der Waals surface area contributed by atoms with Gasteiger partial charge in [0.05, 0.1) is 12.6 Å². The van der Waals surface area contributed by atoms with E-state index in [0.717, 1.165) is 42.5 Å². The highest BCUT2D eigenvalue weighted by molar-refractivity contribution is 5.90. The largest absolute Gasteiger partial charge is 0.495 e. The molecule has 5 heteroatoms. The molecule has 122 valence electrons. The van der Waals surface area contributed by atoms with E-state index >= 15 is 0 Å². The topological polar surface area (TPSA) is 57.4 Å². The van der Waals surface area contributed by atoms with Gasteiger partial charge in [-0.2, -0.15) is 0 Å².